The Balaban J connectivity index is 0.00000288. The lowest BCUT2D eigenvalue weighted by Gasteiger charge is -2.20. The van der Waals surface area contributed by atoms with Gasteiger partial charge >= 0.3 is 0 Å². The Labute approximate surface area is 163 Å². The molecule has 1 aliphatic heterocycles. The molecule has 1 atom stereocenters. The van der Waals surface area contributed by atoms with E-state index in [0.29, 0.717) is 25.2 Å². The van der Waals surface area contributed by atoms with Gasteiger partial charge in [0.2, 0.25) is 0 Å². The van der Waals surface area contributed by atoms with Crippen molar-refractivity contribution in [2.75, 3.05) is 32.8 Å². The first-order valence-corrected chi connectivity index (χ1v) is 8.57. The summed E-state index contributed by atoms with van der Waals surface area (Å²) >= 11 is 0. The van der Waals surface area contributed by atoms with Crippen LogP contribution in [0.4, 0.5) is 0 Å². The van der Waals surface area contributed by atoms with E-state index in [9.17, 15) is 0 Å². The van der Waals surface area contributed by atoms with Crippen molar-refractivity contribution in [3.05, 3.63) is 29.3 Å². The largest absolute Gasteiger partial charge is 0.492 e. The van der Waals surface area contributed by atoms with Crippen molar-refractivity contribution in [3.8, 4) is 5.75 Å². The number of hydrogen-bond donors (Lipinski definition) is 2. The van der Waals surface area contributed by atoms with Gasteiger partial charge in [0.1, 0.15) is 12.4 Å². The predicted molar refractivity (Wildman–Crippen MR) is 112 cm³/mol. The van der Waals surface area contributed by atoms with Crippen LogP contribution >= 0.6 is 24.0 Å². The highest BCUT2D eigenvalue weighted by atomic mass is 127. The van der Waals surface area contributed by atoms with Crippen LogP contribution in [0.3, 0.4) is 0 Å². The third kappa shape index (κ3) is 6.84. The Morgan fingerprint density at radius 2 is 2.04 bits per heavy atom. The molecule has 1 aromatic rings. The smallest absolute Gasteiger partial charge is 0.188 e. The predicted octanol–water partition coefficient (Wildman–Crippen LogP) is 2.69. The fourth-order valence-electron chi connectivity index (χ4n) is 3.14. The lowest BCUT2D eigenvalue weighted by Crippen LogP contribution is -2.37. The maximum atomic E-state index is 5.93. The zero-order chi connectivity index (χ0) is 16.7. The number of nitrogens with two attached hydrogens (primary N) is 1. The van der Waals surface area contributed by atoms with E-state index < -0.39 is 0 Å². The maximum absolute atomic E-state index is 5.93. The van der Waals surface area contributed by atoms with Crippen LogP contribution in [-0.4, -0.2) is 49.7 Å². The van der Waals surface area contributed by atoms with Gasteiger partial charge in [-0.3, -0.25) is 9.89 Å². The maximum Gasteiger partial charge on any atom is 0.188 e. The van der Waals surface area contributed by atoms with Crippen LogP contribution in [0.2, 0.25) is 0 Å². The van der Waals surface area contributed by atoms with Crippen LogP contribution in [0.5, 0.6) is 5.75 Å². The molecule has 0 bridgehead atoms. The van der Waals surface area contributed by atoms with Crippen molar-refractivity contribution >= 4 is 29.9 Å². The number of ether oxygens (including phenoxy) is 1. The monoisotopic (exact) mass is 446 g/mol. The number of nitrogens with zero attached hydrogens (tertiary/aromatic N) is 2. The van der Waals surface area contributed by atoms with Gasteiger partial charge in [0.15, 0.2) is 5.96 Å². The Kier molecular flexibility index (Phi) is 9.43. The summed E-state index contributed by atoms with van der Waals surface area (Å²) in [7, 11) is 0. The van der Waals surface area contributed by atoms with Crippen LogP contribution in [0.25, 0.3) is 0 Å². The van der Waals surface area contributed by atoms with Gasteiger partial charge in [0.25, 0.3) is 0 Å². The molecule has 2 rings (SSSR count). The second kappa shape index (κ2) is 10.8. The standard InChI is InChI=1S/C18H30N4O.HI/c1-4-22-8-5-6-16(22)13-21-18(19)20-7-9-23-17-11-14(2)10-15(3)12-17;/h10-12,16H,4-9,13H2,1-3H3,(H3,19,20,21);1H. The topological polar surface area (TPSA) is 62.9 Å². The summed E-state index contributed by atoms with van der Waals surface area (Å²) in [5, 5.41) is 3.12. The van der Waals surface area contributed by atoms with Gasteiger partial charge in [-0.1, -0.05) is 13.0 Å². The fourth-order valence-corrected chi connectivity index (χ4v) is 3.14. The number of hydrogen-bond acceptors (Lipinski definition) is 3. The fraction of sp³-hybridized carbons (Fsp3) is 0.611. The van der Waals surface area contributed by atoms with Gasteiger partial charge in [-0.05, 0) is 63.0 Å². The normalized spacial score (nSPS) is 18.3. The molecule has 0 amide bonds. The highest BCUT2D eigenvalue weighted by Gasteiger charge is 2.22. The van der Waals surface area contributed by atoms with E-state index in [2.05, 4.69) is 42.0 Å². The van der Waals surface area contributed by atoms with Crippen LogP contribution in [-0.2, 0) is 0 Å². The second-order valence-corrected chi connectivity index (χ2v) is 6.25. The van der Waals surface area contributed by atoms with Gasteiger partial charge in [-0.25, -0.2) is 0 Å². The minimum atomic E-state index is 0. The Hall–Kier alpha value is -1.02. The molecule has 5 nitrogen and oxygen atoms in total. The molecule has 1 aromatic carbocycles. The van der Waals surface area contributed by atoms with Crippen molar-refractivity contribution in [2.45, 2.75) is 39.7 Å². The zero-order valence-electron chi connectivity index (χ0n) is 15.0. The van der Waals surface area contributed by atoms with E-state index in [-0.39, 0.29) is 24.0 Å². The zero-order valence-corrected chi connectivity index (χ0v) is 17.4. The number of aliphatic imine (C=N–C) groups is 1. The summed E-state index contributed by atoms with van der Waals surface area (Å²) in [5.41, 5.74) is 8.36. The molecule has 1 saturated heterocycles. The molecule has 1 aliphatic rings. The molecular formula is C18H31IN4O. The summed E-state index contributed by atoms with van der Waals surface area (Å²) < 4.78 is 5.75. The Morgan fingerprint density at radius 3 is 2.71 bits per heavy atom. The SMILES string of the molecule is CCN1CCCC1CN=C(N)NCCOc1cc(C)cc(C)c1.I. The number of guanidine groups is 1. The first-order chi connectivity index (χ1) is 11.1. The molecule has 0 radical (unpaired) electrons. The summed E-state index contributed by atoms with van der Waals surface area (Å²) in [6.07, 6.45) is 2.49. The quantitative estimate of drug-likeness (QED) is 0.293. The summed E-state index contributed by atoms with van der Waals surface area (Å²) in [6.45, 7) is 10.6. The summed E-state index contributed by atoms with van der Waals surface area (Å²) in [5.74, 6) is 1.42. The molecule has 1 fully saturated rings. The highest BCUT2D eigenvalue weighted by molar-refractivity contribution is 14.0. The van der Waals surface area contributed by atoms with Crippen LogP contribution in [0.15, 0.2) is 23.2 Å². The second-order valence-electron chi connectivity index (χ2n) is 6.25. The van der Waals surface area contributed by atoms with Gasteiger partial charge in [-0.15, -0.1) is 24.0 Å². The number of benzene rings is 1. The lowest BCUT2D eigenvalue weighted by molar-refractivity contribution is 0.273. The molecule has 0 aliphatic carbocycles. The summed E-state index contributed by atoms with van der Waals surface area (Å²) in [6, 6.07) is 6.78. The summed E-state index contributed by atoms with van der Waals surface area (Å²) in [4.78, 5) is 6.94. The molecule has 0 aromatic heterocycles. The first kappa shape index (κ1) is 21.0. The van der Waals surface area contributed by atoms with Crippen LogP contribution in [0, 0.1) is 13.8 Å². The third-order valence-corrected chi connectivity index (χ3v) is 4.25. The average Bonchev–Trinajstić information content (AvgIpc) is 2.96. The van der Waals surface area contributed by atoms with Gasteiger partial charge in [0.05, 0.1) is 13.1 Å². The van der Waals surface area contributed by atoms with Crippen molar-refractivity contribution < 1.29 is 4.74 Å². The number of likely N-dealkylation sites (N-methyl/N-ethyl adjacent to an activating group) is 1. The molecular weight excluding hydrogens is 415 g/mol. The van der Waals surface area contributed by atoms with Crippen molar-refractivity contribution in [3.63, 3.8) is 0 Å². The van der Waals surface area contributed by atoms with Crippen molar-refractivity contribution in [1.82, 2.24) is 10.2 Å². The molecule has 6 heteroatoms. The van der Waals surface area contributed by atoms with Crippen molar-refractivity contribution in [2.24, 2.45) is 10.7 Å². The van der Waals surface area contributed by atoms with Crippen LogP contribution < -0.4 is 15.8 Å². The number of rotatable bonds is 7. The minimum absolute atomic E-state index is 0. The van der Waals surface area contributed by atoms with Crippen LogP contribution in [0.1, 0.15) is 30.9 Å². The third-order valence-electron chi connectivity index (χ3n) is 4.25. The van der Waals surface area contributed by atoms with E-state index in [4.69, 9.17) is 10.5 Å². The van der Waals surface area contributed by atoms with Gasteiger partial charge in [-0.2, -0.15) is 0 Å². The molecule has 0 spiro atoms. The van der Waals surface area contributed by atoms with E-state index in [1.807, 2.05) is 12.1 Å². The van der Waals surface area contributed by atoms with Gasteiger partial charge < -0.3 is 15.8 Å². The molecule has 0 saturated carbocycles. The van der Waals surface area contributed by atoms with E-state index in [0.717, 1.165) is 18.8 Å². The van der Waals surface area contributed by atoms with E-state index >= 15 is 0 Å². The molecule has 1 unspecified atom stereocenters. The Morgan fingerprint density at radius 1 is 1.33 bits per heavy atom. The molecule has 1 heterocycles. The number of halogens is 1. The molecule has 136 valence electrons. The highest BCUT2D eigenvalue weighted by Crippen LogP contribution is 2.17. The minimum Gasteiger partial charge on any atom is -0.492 e. The molecule has 3 N–H and O–H groups in total. The number of nitrogens with one attached hydrogen (secondary N) is 1. The number of likely N-dealkylation sites (tertiary alicyclic amines) is 1. The average molecular weight is 446 g/mol. The number of aryl methyl sites for hydroxylation is 2. The van der Waals surface area contributed by atoms with Crippen molar-refractivity contribution in [1.29, 1.82) is 0 Å². The first-order valence-electron chi connectivity index (χ1n) is 8.57. The van der Waals surface area contributed by atoms with Gasteiger partial charge in [0, 0.05) is 6.04 Å². The Bertz CT molecular complexity index is 516. The lowest BCUT2D eigenvalue weighted by atomic mass is 10.1. The molecule has 24 heavy (non-hydrogen) atoms. The van der Waals surface area contributed by atoms with E-state index in [1.54, 1.807) is 0 Å². The van der Waals surface area contributed by atoms with E-state index in [1.165, 1.54) is 30.5 Å².